The summed E-state index contributed by atoms with van der Waals surface area (Å²) in [5.74, 6) is -1.65. The van der Waals surface area contributed by atoms with Gasteiger partial charge in [-0.2, -0.15) is 0 Å². The SMILES string of the molecule is CC(C)S(=O)(=O)N1CC(C(=O)O)Cc2ccccc21. The number of benzene rings is 1. The summed E-state index contributed by atoms with van der Waals surface area (Å²) in [5.41, 5.74) is 1.37. The lowest BCUT2D eigenvalue weighted by atomic mass is 9.94. The van der Waals surface area contributed by atoms with Gasteiger partial charge in [0.05, 0.1) is 16.9 Å². The lowest BCUT2D eigenvalue weighted by Gasteiger charge is -2.34. The average molecular weight is 283 g/mol. The van der Waals surface area contributed by atoms with Gasteiger partial charge in [0, 0.05) is 6.54 Å². The lowest BCUT2D eigenvalue weighted by Crippen LogP contribution is -2.45. The van der Waals surface area contributed by atoms with E-state index < -0.39 is 27.2 Å². The van der Waals surface area contributed by atoms with E-state index in [0.29, 0.717) is 12.1 Å². The minimum atomic E-state index is -3.51. The molecule has 1 aromatic rings. The number of rotatable bonds is 3. The highest BCUT2D eigenvalue weighted by Gasteiger charge is 2.36. The number of nitrogens with zero attached hydrogens (tertiary/aromatic N) is 1. The molecule has 1 unspecified atom stereocenters. The molecule has 0 aromatic heterocycles. The summed E-state index contributed by atoms with van der Waals surface area (Å²) in [6, 6.07) is 7.08. The molecule has 0 aliphatic carbocycles. The Bertz CT molecular complexity index is 594. The third-order valence-electron chi connectivity index (χ3n) is 3.36. The molecule has 0 saturated carbocycles. The molecule has 6 heteroatoms. The highest BCUT2D eigenvalue weighted by molar-refractivity contribution is 7.93. The van der Waals surface area contributed by atoms with E-state index in [1.807, 2.05) is 0 Å². The van der Waals surface area contributed by atoms with E-state index >= 15 is 0 Å². The van der Waals surface area contributed by atoms with Crippen molar-refractivity contribution in [1.82, 2.24) is 0 Å². The molecule has 1 aliphatic heterocycles. The zero-order valence-corrected chi connectivity index (χ0v) is 11.7. The standard InChI is InChI=1S/C13H17NO4S/c1-9(2)19(17,18)14-8-11(13(15)16)7-10-5-3-4-6-12(10)14/h3-6,9,11H,7-8H2,1-2H3,(H,15,16). The van der Waals surface area contributed by atoms with Crippen LogP contribution in [0.2, 0.25) is 0 Å². The van der Waals surface area contributed by atoms with Crippen molar-refractivity contribution in [3.63, 3.8) is 0 Å². The molecular formula is C13H17NO4S. The first-order chi connectivity index (χ1) is 8.84. The number of fused-ring (bicyclic) bond motifs is 1. The number of carbonyl (C=O) groups is 1. The summed E-state index contributed by atoms with van der Waals surface area (Å²) in [6.07, 6.45) is 0.371. The van der Waals surface area contributed by atoms with Gasteiger partial charge in [0.2, 0.25) is 10.0 Å². The number of sulfonamides is 1. The van der Waals surface area contributed by atoms with Crippen molar-refractivity contribution in [1.29, 1.82) is 0 Å². The van der Waals surface area contributed by atoms with Crippen LogP contribution in [0.4, 0.5) is 5.69 Å². The van der Waals surface area contributed by atoms with E-state index in [1.54, 1.807) is 38.1 Å². The van der Waals surface area contributed by atoms with Crippen LogP contribution < -0.4 is 4.31 Å². The van der Waals surface area contributed by atoms with Gasteiger partial charge in [0.15, 0.2) is 0 Å². The summed E-state index contributed by atoms with van der Waals surface area (Å²) >= 11 is 0. The fourth-order valence-corrected chi connectivity index (χ4v) is 3.57. The van der Waals surface area contributed by atoms with Gasteiger partial charge in [-0.25, -0.2) is 8.42 Å². The van der Waals surface area contributed by atoms with Gasteiger partial charge in [-0.15, -0.1) is 0 Å². The molecule has 0 amide bonds. The Labute approximate surface area is 112 Å². The molecule has 1 N–H and O–H groups in total. The molecule has 5 nitrogen and oxygen atoms in total. The molecule has 1 aliphatic rings. The normalized spacial score (nSPS) is 19.3. The predicted molar refractivity (Wildman–Crippen MR) is 72.7 cm³/mol. The van der Waals surface area contributed by atoms with Gasteiger partial charge in [-0.05, 0) is 31.9 Å². The Kier molecular flexibility index (Phi) is 3.54. The first-order valence-electron chi connectivity index (χ1n) is 6.16. The molecule has 1 atom stereocenters. The van der Waals surface area contributed by atoms with E-state index in [0.717, 1.165) is 5.56 Å². The summed E-state index contributed by atoms with van der Waals surface area (Å²) in [6.45, 7) is 3.21. The molecule has 1 aromatic carbocycles. The highest BCUT2D eigenvalue weighted by atomic mass is 32.2. The van der Waals surface area contributed by atoms with Gasteiger partial charge >= 0.3 is 5.97 Å². The summed E-state index contributed by atoms with van der Waals surface area (Å²) in [5, 5.41) is 8.59. The van der Waals surface area contributed by atoms with Crippen LogP contribution in [0.15, 0.2) is 24.3 Å². The van der Waals surface area contributed by atoms with E-state index in [1.165, 1.54) is 4.31 Å². The van der Waals surface area contributed by atoms with Crippen molar-refractivity contribution in [2.45, 2.75) is 25.5 Å². The molecule has 0 spiro atoms. The number of carboxylic acids is 1. The van der Waals surface area contributed by atoms with Gasteiger partial charge in [0.25, 0.3) is 0 Å². The van der Waals surface area contributed by atoms with E-state index in [9.17, 15) is 13.2 Å². The fraction of sp³-hybridized carbons (Fsp3) is 0.462. The molecule has 1 heterocycles. The van der Waals surface area contributed by atoms with Crippen LogP contribution >= 0.6 is 0 Å². The largest absolute Gasteiger partial charge is 0.481 e. The van der Waals surface area contributed by atoms with Crippen molar-refractivity contribution in [3.8, 4) is 0 Å². The number of hydrogen-bond donors (Lipinski definition) is 1. The zero-order chi connectivity index (χ0) is 14.2. The Hall–Kier alpha value is -1.56. The van der Waals surface area contributed by atoms with Crippen molar-refractivity contribution >= 4 is 21.7 Å². The van der Waals surface area contributed by atoms with Crippen LogP contribution in [0.5, 0.6) is 0 Å². The van der Waals surface area contributed by atoms with Crippen molar-refractivity contribution in [2.75, 3.05) is 10.8 Å². The molecular weight excluding hydrogens is 266 g/mol. The maximum absolute atomic E-state index is 12.3. The summed E-state index contributed by atoms with van der Waals surface area (Å²) in [4.78, 5) is 11.2. The first kappa shape index (κ1) is 13.9. The minimum Gasteiger partial charge on any atom is -0.481 e. The number of para-hydroxylation sites is 1. The maximum Gasteiger partial charge on any atom is 0.308 e. The maximum atomic E-state index is 12.3. The van der Waals surface area contributed by atoms with Crippen molar-refractivity contribution in [3.05, 3.63) is 29.8 Å². The van der Waals surface area contributed by atoms with Gasteiger partial charge in [0.1, 0.15) is 0 Å². The van der Waals surface area contributed by atoms with E-state index in [4.69, 9.17) is 5.11 Å². The van der Waals surface area contributed by atoms with Gasteiger partial charge in [-0.1, -0.05) is 18.2 Å². The first-order valence-corrected chi connectivity index (χ1v) is 7.66. The van der Waals surface area contributed by atoms with Gasteiger partial charge in [-0.3, -0.25) is 9.10 Å². The minimum absolute atomic E-state index is 0.00681. The molecule has 19 heavy (non-hydrogen) atoms. The molecule has 2 rings (SSSR count). The number of anilines is 1. The van der Waals surface area contributed by atoms with Crippen LogP contribution in [0, 0.1) is 5.92 Å². The van der Waals surface area contributed by atoms with Crippen molar-refractivity contribution in [2.24, 2.45) is 5.92 Å². The number of hydrogen-bond acceptors (Lipinski definition) is 3. The fourth-order valence-electron chi connectivity index (χ4n) is 2.22. The zero-order valence-electron chi connectivity index (χ0n) is 10.9. The Balaban J connectivity index is 2.51. The summed E-state index contributed by atoms with van der Waals surface area (Å²) in [7, 11) is -3.51. The predicted octanol–water partition coefficient (Wildman–Crippen LogP) is 1.49. The Morgan fingerprint density at radius 3 is 2.58 bits per heavy atom. The smallest absolute Gasteiger partial charge is 0.308 e. The average Bonchev–Trinajstić information content (AvgIpc) is 2.37. The van der Waals surface area contributed by atoms with Crippen LogP contribution in [0.3, 0.4) is 0 Å². The van der Waals surface area contributed by atoms with Crippen LogP contribution in [-0.2, 0) is 21.2 Å². The summed E-state index contributed by atoms with van der Waals surface area (Å²) < 4.78 is 25.9. The monoisotopic (exact) mass is 283 g/mol. The quantitative estimate of drug-likeness (QED) is 0.912. The van der Waals surface area contributed by atoms with Crippen molar-refractivity contribution < 1.29 is 18.3 Å². The molecule has 0 bridgehead atoms. The van der Waals surface area contributed by atoms with Crippen LogP contribution in [0.25, 0.3) is 0 Å². The second kappa shape index (κ2) is 4.85. The molecule has 0 radical (unpaired) electrons. The van der Waals surface area contributed by atoms with Crippen LogP contribution in [0.1, 0.15) is 19.4 Å². The van der Waals surface area contributed by atoms with Crippen LogP contribution in [-0.4, -0.2) is 31.3 Å². The Morgan fingerprint density at radius 1 is 1.37 bits per heavy atom. The molecule has 104 valence electrons. The lowest BCUT2D eigenvalue weighted by molar-refractivity contribution is -0.141. The third-order valence-corrected chi connectivity index (χ3v) is 5.52. The number of carboxylic acid groups (broad SMARTS) is 1. The van der Waals surface area contributed by atoms with E-state index in [-0.39, 0.29) is 6.54 Å². The third kappa shape index (κ3) is 2.45. The topological polar surface area (TPSA) is 74.7 Å². The number of aliphatic carboxylic acids is 1. The highest BCUT2D eigenvalue weighted by Crippen LogP contribution is 2.32. The van der Waals surface area contributed by atoms with Gasteiger partial charge < -0.3 is 5.11 Å². The Morgan fingerprint density at radius 2 is 2.00 bits per heavy atom. The van der Waals surface area contributed by atoms with E-state index in [2.05, 4.69) is 0 Å². The second-order valence-electron chi connectivity index (χ2n) is 4.99. The molecule has 0 fully saturated rings. The molecule has 0 saturated heterocycles. The second-order valence-corrected chi connectivity index (χ2v) is 7.41.